The van der Waals surface area contributed by atoms with Crippen molar-refractivity contribution in [1.82, 2.24) is 14.5 Å². The number of ether oxygens (including phenoxy) is 1. The molecule has 0 unspecified atom stereocenters. The second-order valence-corrected chi connectivity index (χ2v) is 4.89. The van der Waals surface area contributed by atoms with Crippen LogP contribution < -0.4 is 10.4 Å². The largest absolute Gasteiger partial charge is 0.481 e. The number of H-pyrrole nitrogens is 1. The summed E-state index contributed by atoms with van der Waals surface area (Å²) in [4.78, 5) is 19.3. The minimum absolute atomic E-state index is 0.261. The van der Waals surface area contributed by atoms with Gasteiger partial charge in [0.05, 0.1) is 18.5 Å². The summed E-state index contributed by atoms with van der Waals surface area (Å²) in [5.74, 6) is 0.354. The third-order valence-corrected chi connectivity index (χ3v) is 3.85. The first kappa shape index (κ1) is 11.3. The van der Waals surface area contributed by atoms with Gasteiger partial charge in [-0.2, -0.15) is 4.98 Å². The summed E-state index contributed by atoms with van der Waals surface area (Å²) in [5.41, 5.74) is 3.93. The molecule has 0 aliphatic carbocycles. The Morgan fingerprint density at radius 2 is 2.20 bits per heavy atom. The maximum atomic E-state index is 12.0. The van der Waals surface area contributed by atoms with Crippen molar-refractivity contribution >= 4 is 10.9 Å². The van der Waals surface area contributed by atoms with Crippen molar-refractivity contribution < 1.29 is 4.74 Å². The van der Waals surface area contributed by atoms with Crippen molar-refractivity contribution in [2.45, 2.75) is 13.0 Å². The van der Waals surface area contributed by atoms with Crippen LogP contribution in [0, 0.1) is 0 Å². The maximum Gasteiger partial charge on any atom is 0.351 e. The minimum atomic E-state index is -0.261. The lowest BCUT2D eigenvalue weighted by Crippen LogP contribution is -2.28. The second-order valence-electron chi connectivity index (χ2n) is 4.89. The standard InChI is InChI=1S/C15H13N3O2/c1-20-13-8-12-14-10(6-7-18(12)15(19)17-13)9-4-2-3-5-11(9)16-14/h2-5,8,16H,6-7H2,1H3. The third-order valence-electron chi connectivity index (χ3n) is 3.85. The first-order chi connectivity index (χ1) is 9.78. The highest BCUT2D eigenvalue weighted by Crippen LogP contribution is 2.34. The number of hydrogen-bond acceptors (Lipinski definition) is 3. The van der Waals surface area contributed by atoms with E-state index in [1.807, 2.05) is 18.2 Å². The Hall–Kier alpha value is -2.56. The molecule has 0 spiro atoms. The van der Waals surface area contributed by atoms with Crippen LogP contribution in [0.25, 0.3) is 22.3 Å². The van der Waals surface area contributed by atoms with E-state index in [2.05, 4.69) is 22.1 Å². The zero-order valence-electron chi connectivity index (χ0n) is 11.0. The topological polar surface area (TPSA) is 59.9 Å². The van der Waals surface area contributed by atoms with E-state index in [4.69, 9.17) is 4.74 Å². The predicted octanol–water partition coefficient (Wildman–Crippen LogP) is 1.96. The summed E-state index contributed by atoms with van der Waals surface area (Å²) < 4.78 is 6.81. The molecule has 0 atom stereocenters. The van der Waals surface area contributed by atoms with Crippen LogP contribution in [0.1, 0.15) is 5.56 Å². The monoisotopic (exact) mass is 267 g/mol. The Kier molecular flexibility index (Phi) is 2.24. The molecule has 1 aliphatic rings. The van der Waals surface area contributed by atoms with Gasteiger partial charge < -0.3 is 9.72 Å². The quantitative estimate of drug-likeness (QED) is 0.733. The van der Waals surface area contributed by atoms with E-state index in [-0.39, 0.29) is 5.69 Å². The summed E-state index contributed by atoms with van der Waals surface area (Å²) >= 11 is 0. The molecule has 1 N–H and O–H groups in total. The minimum Gasteiger partial charge on any atom is -0.481 e. The number of nitrogens with zero attached hydrogens (tertiary/aromatic N) is 2. The molecule has 5 heteroatoms. The fourth-order valence-electron chi connectivity index (χ4n) is 2.91. The molecule has 100 valence electrons. The van der Waals surface area contributed by atoms with Gasteiger partial charge in [-0.05, 0) is 18.1 Å². The number of aryl methyl sites for hydroxylation is 1. The number of methoxy groups -OCH3 is 1. The first-order valence-corrected chi connectivity index (χ1v) is 6.54. The van der Waals surface area contributed by atoms with Crippen LogP contribution in [0.15, 0.2) is 35.1 Å². The summed E-state index contributed by atoms with van der Waals surface area (Å²) in [7, 11) is 1.52. The van der Waals surface area contributed by atoms with Gasteiger partial charge in [0.2, 0.25) is 5.88 Å². The number of hydrogen-bond donors (Lipinski definition) is 1. The third kappa shape index (κ3) is 1.43. The second kappa shape index (κ2) is 3.96. The molecular weight excluding hydrogens is 254 g/mol. The molecule has 3 aromatic rings. The van der Waals surface area contributed by atoms with Crippen molar-refractivity contribution in [3.8, 4) is 17.3 Å². The molecule has 20 heavy (non-hydrogen) atoms. The molecule has 0 saturated heterocycles. The lowest BCUT2D eigenvalue weighted by atomic mass is 10.0. The van der Waals surface area contributed by atoms with E-state index >= 15 is 0 Å². The summed E-state index contributed by atoms with van der Waals surface area (Å²) in [5, 5.41) is 1.22. The Morgan fingerprint density at radius 1 is 1.35 bits per heavy atom. The normalized spacial score (nSPS) is 13.1. The Balaban J connectivity index is 2.07. The van der Waals surface area contributed by atoms with Gasteiger partial charge in [-0.3, -0.25) is 4.57 Å². The lowest BCUT2D eigenvalue weighted by molar-refractivity contribution is 0.392. The van der Waals surface area contributed by atoms with Gasteiger partial charge in [-0.25, -0.2) is 4.79 Å². The van der Waals surface area contributed by atoms with Crippen molar-refractivity contribution in [2.75, 3.05) is 7.11 Å². The Bertz CT molecular complexity index is 876. The van der Waals surface area contributed by atoms with Crippen LogP contribution in [0.2, 0.25) is 0 Å². The summed E-state index contributed by atoms with van der Waals surface area (Å²) in [6.07, 6.45) is 0.834. The van der Waals surface area contributed by atoms with E-state index < -0.39 is 0 Å². The number of rotatable bonds is 1. The van der Waals surface area contributed by atoms with Gasteiger partial charge in [0.15, 0.2) is 0 Å². The summed E-state index contributed by atoms with van der Waals surface area (Å²) in [6.45, 7) is 0.653. The summed E-state index contributed by atoms with van der Waals surface area (Å²) in [6, 6.07) is 10.0. The zero-order valence-corrected chi connectivity index (χ0v) is 11.0. The van der Waals surface area contributed by atoms with Gasteiger partial charge in [-0.15, -0.1) is 0 Å². The number of aromatic amines is 1. The number of benzene rings is 1. The van der Waals surface area contributed by atoms with Crippen LogP contribution in [0.3, 0.4) is 0 Å². The van der Waals surface area contributed by atoms with E-state index in [0.29, 0.717) is 12.4 Å². The molecule has 0 saturated carbocycles. The van der Waals surface area contributed by atoms with E-state index in [9.17, 15) is 4.79 Å². The maximum absolute atomic E-state index is 12.0. The molecule has 3 heterocycles. The molecule has 4 rings (SSSR count). The van der Waals surface area contributed by atoms with Crippen LogP contribution in [0.5, 0.6) is 5.88 Å². The highest BCUT2D eigenvalue weighted by molar-refractivity contribution is 5.90. The number of nitrogens with one attached hydrogen (secondary N) is 1. The Morgan fingerprint density at radius 3 is 3.05 bits per heavy atom. The smallest absolute Gasteiger partial charge is 0.351 e. The highest BCUT2D eigenvalue weighted by Gasteiger charge is 2.22. The van der Waals surface area contributed by atoms with Crippen LogP contribution in [0.4, 0.5) is 0 Å². The van der Waals surface area contributed by atoms with Gasteiger partial charge >= 0.3 is 5.69 Å². The van der Waals surface area contributed by atoms with Crippen molar-refractivity contribution in [2.24, 2.45) is 0 Å². The molecule has 1 aliphatic heterocycles. The van der Waals surface area contributed by atoms with E-state index in [0.717, 1.165) is 23.3 Å². The van der Waals surface area contributed by atoms with E-state index in [1.54, 1.807) is 4.57 Å². The van der Waals surface area contributed by atoms with Crippen LogP contribution >= 0.6 is 0 Å². The average Bonchev–Trinajstić information content (AvgIpc) is 2.86. The van der Waals surface area contributed by atoms with Crippen molar-refractivity contribution in [3.63, 3.8) is 0 Å². The zero-order chi connectivity index (χ0) is 13.7. The molecule has 0 bridgehead atoms. The molecule has 2 aromatic heterocycles. The molecule has 1 aromatic carbocycles. The van der Waals surface area contributed by atoms with Gasteiger partial charge in [0.1, 0.15) is 0 Å². The molecule has 5 nitrogen and oxygen atoms in total. The number of para-hydroxylation sites is 1. The first-order valence-electron chi connectivity index (χ1n) is 6.54. The number of aromatic nitrogens is 3. The fourth-order valence-corrected chi connectivity index (χ4v) is 2.91. The average molecular weight is 267 g/mol. The van der Waals surface area contributed by atoms with Crippen LogP contribution in [-0.4, -0.2) is 21.6 Å². The van der Waals surface area contributed by atoms with E-state index in [1.165, 1.54) is 18.1 Å². The van der Waals surface area contributed by atoms with Crippen molar-refractivity contribution in [1.29, 1.82) is 0 Å². The Labute approximate surface area is 114 Å². The van der Waals surface area contributed by atoms with Gasteiger partial charge in [0.25, 0.3) is 0 Å². The van der Waals surface area contributed by atoms with Gasteiger partial charge in [-0.1, -0.05) is 18.2 Å². The predicted molar refractivity (Wildman–Crippen MR) is 76.0 cm³/mol. The van der Waals surface area contributed by atoms with Gasteiger partial charge in [0, 0.05) is 23.5 Å². The highest BCUT2D eigenvalue weighted by atomic mass is 16.5. The molecule has 0 amide bonds. The van der Waals surface area contributed by atoms with Crippen molar-refractivity contribution in [3.05, 3.63) is 46.4 Å². The number of fused-ring (bicyclic) bond motifs is 5. The lowest BCUT2D eigenvalue weighted by Gasteiger charge is -2.18. The molecule has 0 radical (unpaired) electrons. The SMILES string of the molecule is COc1cc2n(c(=O)n1)CCc1c-2[nH]c2ccccc12. The van der Waals surface area contributed by atoms with Crippen LogP contribution in [-0.2, 0) is 13.0 Å². The molecular formula is C15H13N3O2. The molecule has 0 fully saturated rings. The fraction of sp³-hybridized carbons (Fsp3) is 0.200.